The molecule has 14 nitrogen and oxygen atoms in total. The van der Waals surface area contributed by atoms with E-state index < -0.39 is 40.3 Å². The lowest BCUT2D eigenvalue weighted by molar-refractivity contribution is -0.385. The van der Waals surface area contributed by atoms with Crippen molar-refractivity contribution in [3.63, 3.8) is 0 Å². The summed E-state index contributed by atoms with van der Waals surface area (Å²) in [7, 11) is 2.68. The lowest BCUT2D eigenvalue weighted by atomic mass is 10.1. The molecule has 0 aliphatic rings. The van der Waals surface area contributed by atoms with Crippen LogP contribution in [0.1, 0.15) is 19.4 Å². The van der Waals surface area contributed by atoms with E-state index in [1.165, 1.54) is 43.4 Å². The highest BCUT2D eigenvalue weighted by atomic mass is 16.8. The molecule has 0 heterocycles. The molecule has 0 fully saturated rings. The second-order valence-electron chi connectivity index (χ2n) is 8.48. The number of benzene rings is 3. The summed E-state index contributed by atoms with van der Waals surface area (Å²) >= 11 is 0. The fourth-order valence-corrected chi connectivity index (χ4v) is 3.80. The molecule has 0 bridgehead atoms. The molecular weight excluding hydrogens is 578 g/mol. The molecule has 0 saturated heterocycles. The van der Waals surface area contributed by atoms with E-state index in [-0.39, 0.29) is 34.1 Å². The van der Waals surface area contributed by atoms with Crippen LogP contribution in [0.25, 0.3) is 6.08 Å². The number of nitriles is 1. The van der Waals surface area contributed by atoms with Gasteiger partial charge in [0.2, 0.25) is 0 Å². The van der Waals surface area contributed by atoms with Crippen LogP contribution in [-0.4, -0.2) is 55.4 Å². The minimum atomic E-state index is -1.43. The van der Waals surface area contributed by atoms with Crippen molar-refractivity contribution in [3.05, 3.63) is 81.9 Å². The molecule has 0 atom stereocenters. The zero-order valence-electron chi connectivity index (χ0n) is 24.1. The number of nitrogens with zero attached hydrogens (tertiary/aromatic N) is 3. The van der Waals surface area contributed by atoms with Crippen molar-refractivity contribution >= 4 is 30.0 Å². The van der Waals surface area contributed by atoms with Gasteiger partial charge in [-0.05, 0) is 55.8 Å². The van der Waals surface area contributed by atoms with Crippen LogP contribution >= 0.6 is 0 Å². The number of nitro groups is 1. The van der Waals surface area contributed by atoms with Crippen molar-refractivity contribution in [2.24, 2.45) is 0 Å². The van der Waals surface area contributed by atoms with Gasteiger partial charge in [-0.25, -0.2) is 9.59 Å². The van der Waals surface area contributed by atoms with E-state index >= 15 is 0 Å². The number of likely N-dealkylation sites (N-methyl/N-ethyl adjacent to an activating group) is 1. The van der Waals surface area contributed by atoms with Crippen LogP contribution in [0.3, 0.4) is 0 Å². The van der Waals surface area contributed by atoms with Gasteiger partial charge in [-0.15, -0.1) is 0 Å². The second kappa shape index (κ2) is 15.2. The highest BCUT2D eigenvalue weighted by Gasteiger charge is 2.29. The van der Waals surface area contributed by atoms with Crippen molar-refractivity contribution in [1.82, 2.24) is 4.90 Å². The number of nitro benzene ring substituents is 1. The Bertz CT molecular complexity index is 1620. The number of para-hydroxylation sites is 4. The lowest BCUT2D eigenvalue weighted by Gasteiger charge is -2.17. The molecule has 0 spiro atoms. The normalized spacial score (nSPS) is 10.6. The molecule has 3 rings (SSSR count). The van der Waals surface area contributed by atoms with E-state index in [4.69, 9.17) is 28.4 Å². The molecule has 0 radical (unpaired) electrons. The molecule has 1 amide bonds. The van der Waals surface area contributed by atoms with Gasteiger partial charge in [-0.3, -0.25) is 14.9 Å². The number of rotatable bonds is 11. The first kappa shape index (κ1) is 32.4. The third-order valence-corrected chi connectivity index (χ3v) is 5.87. The Morgan fingerprint density at radius 1 is 0.818 bits per heavy atom. The zero-order valence-corrected chi connectivity index (χ0v) is 24.1. The van der Waals surface area contributed by atoms with E-state index in [1.807, 2.05) is 0 Å². The van der Waals surface area contributed by atoms with Crippen LogP contribution in [0, 0.1) is 21.4 Å². The van der Waals surface area contributed by atoms with Crippen LogP contribution in [0.5, 0.6) is 34.5 Å². The summed E-state index contributed by atoms with van der Waals surface area (Å²) in [6.07, 6.45) is -1.74. The van der Waals surface area contributed by atoms with Gasteiger partial charge >= 0.3 is 18.0 Å². The van der Waals surface area contributed by atoms with Crippen molar-refractivity contribution in [2.75, 3.05) is 27.3 Å². The predicted molar refractivity (Wildman–Crippen MR) is 154 cm³/mol. The van der Waals surface area contributed by atoms with Crippen LogP contribution < -0.4 is 28.4 Å². The molecule has 228 valence electrons. The summed E-state index contributed by atoms with van der Waals surface area (Å²) in [6.45, 7) is 4.05. The monoisotopic (exact) mass is 605 g/mol. The number of carbonyl (C=O) groups is 3. The second-order valence-corrected chi connectivity index (χ2v) is 8.48. The third-order valence-electron chi connectivity index (χ3n) is 5.87. The fraction of sp³-hybridized carbons (Fsp3) is 0.200. The SMILES string of the molecule is CCN(CC)C(=O)/C(C#N)=C/c1cc(OC(=O)Oc2ccccc2OC)c(OC(=O)Oc2ccccc2OC)c([N+](=O)[O-])c1. The van der Waals surface area contributed by atoms with Gasteiger partial charge in [0.25, 0.3) is 11.7 Å². The number of hydrogen-bond acceptors (Lipinski definition) is 12. The standard InChI is InChI=1S/C30H27N3O11/c1-5-32(6-2)28(34)20(18-31)15-19-16-21(33(37)38)27(44-30(36)42-25-14-10-8-12-23(25)40-4)26(17-19)43-29(35)41-24-13-9-7-11-22(24)39-3/h7-17H,5-6H2,1-4H3/b20-15+. The largest absolute Gasteiger partial charge is 0.519 e. The van der Waals surface area contributed by atoms with E-state index in [2.05, 4.69) is 0 Å². The quantitative estimate of drug-likeness (QED) is 0.0666. The van der Waals surface area contributed by atoms with Crippen LogP contribution in [0.4, 0.5) is 15.3 Å². The summed E-state index contributed by atoms with van der Waals surface area (Å²) in [5.41, 5.74) is -1.31. The van der Waals surface area contributed by atoms with Gasteiger partial charge in [0, 0.05) is 19.2 Å². The minimum absolute atomic E-state index is 0.0415. The predicted octanol–water partition coefficient (Wildman–Crippen LogP) is 5.54. The van der Waals surface area contributed by atoms with Crippen LogP contribution in [0.2, 0.25) is 0 Å². The Balaban J connectivity index is 2.09. The number of ether oxygens (including phenoxy) is 6. The van der Waals surface area contributed by atoms with Crippen LogP contribution in [-0.2, 0) is 4.79 Å². The minimum Gasteiger partial charge on any atom is -0.493 e. The van der Waals surface area contributed by atoms with Crippen molar-refractivity contribution in [3.8, 4) is 40.6 Å². The van der Waals surface area contributed by atoms with Crippen molar-refractivity contribution in [1.29, 1.82) is 5.26 Å². The molecule has 0 unspecified atom stereocenters. The summed E-state index contributed by atoms with van der Waals surface area (Å²) in [5.74, 6) is -1.86. The highest BCUT2D eigenvalue weighted by molar-refractivity contribution is 6.02. The smallest absolute Gasteiger partial charge is 0.493 e. The van der Waals surface area contributed by atoms with Crippen molar-refractivity contribution < 1.29 is 47.7 Å². The number of amides is 1. The Morgan fingerprint density at radius 3 is 1.75 bits per heavy atom. The molecular formula is C30H27N3O11. The molecule has 0 N–H and O–H groups in total. The zero-order chi connectivity index (χ0) is 32.2. The van der Waals surface area contributed by atoms with Gasteiger partial charge in [-0.1, -0.05) is 24.3 Å². The van der Waals surface area contributed by atoms with Gasteiger partial charge in [-0.2, -0.15) is 5.26 Å². The summed E-state index contributed by atoms with van der Waals surface area (Å²) in [6, 6.07) is 15.9. The van der Waals surface area contributed by atoms with Gasteiger partial charge in [0.05, 0.1) is 19.1 Å². The van der Waals surface area contributed by atoms with Gasteiger partial charge < -0.3 is 33.3 Å². The maximum absolute atomic E-state index is 12.8. The number of hydrogen-bond donors (Lipinski definition) is 0. The third kappa shape index (κ3) is 8.01. The molecule has 0 aliphatic heterocycles. The average molecular weight is 606 g/mol. The molecule has 0 saturated carbocycles. The molecule has 14 heteroatoms. The first-order chi connectivity index (χ1) is 21.1. The Morgan fingerprint density at radius 2 is 1.30 bits per heavy atom. The van der Waals surface area contributed by atoms with Crippen LogP contribution in [0.15, 0.2) is 66.2 Å². The Kier molecular flexibility index (Phi) is 11.2. The average Bonchev–Trinajstić information content (AvgIpc) is 3.01. The summed E-state index contributed by atoms with van der Waals surface area (Å²) in [4.78, 5) is 51.0. The van der Waals surface area contributed by atoms with E-state index in [0.717, 1.165) is 18.2 Å². The van der Waals surface area contributed by atoms with Gasteiger partial charge in [0.1, 0.15) is 11.6 Å². The maximum Gasteiger partial charge on any atom is 0.519 e. The van der Waals surface area contributed by atoms with Gasteiger partial charge in [0.15, 0.2) is 28.7 Å². The fourth-order valence-electron chi connectivity index (χ4n) is 3.80. The highest BCUT2D eigenvalue weighted by Crippen LogP contribution is 2.40. The molecule has 0 aliphatic carbocycles. The first-order valence-corrected chi connectivity index (χ1v) is 12.9. The maximum atomic E-state index is 12.8. The number of methoxy groups -OCH3 is 2. The molecule has 44 heavy (non-hydrogen) atoms. The summed E-state index contributed by atoms with van der Waals surface area (Å²) in [5, 5.41) is 21.8. The summed E-state index contributed by atoms with van der Waals surface area (Å²) < 4.78 is 31.0. The van der Waals surface area contributed by atoms with E-state index in [0.29, 0.717) is 13.1 Å². The first-order valence-electron chi connectivity index (χ1n) is 12.9. The number of carbonyl (C=O) groups excluding carboxylic acids is 3. The molecule has 3 aromatic carbocycles. The van der Waals surface area contributed by atoms with Crippen molar-refractivity contribution in [2.45, 2.75) is 13.8 Å². The molecule has 0 aromatic heterocycles. The topological polar surface area (TPSA) is 177 Å². The Labute approximate surface area is 251 Å². The molecule has 3 aromatic rings. The van der Waals surface area contributed by atoms with E-state index in [1.54, 1.807) is 44.2 Å². The van der Waals surface area contributed by atoms with E-state index in [9.17, 15) is 29.8 Å². The Hall–Kier alpha value is -6.10. The lowest BCUT2D eigenvalue weighted by Crippen LogP contribution is -2.31.